The van der Waals surface area contributed by atoms with Gasteiger partial charge in [-0.1, -0.05) is 31.3 Å². The highest BCUT2D eigenvalue weighted by Gasteiger charge is 2.29. The number of thioether (sulfide) groups is 1. The van der Waals surface area contributed by atoms with Crippen LogP contribution in [-0.4, -0.2) is 54.9 Å². The number of nitriles is 2. The van der Waals surface area contributed by atoms with Gasteiger partial charge in [-0.2, -0.15) is 10.5 Å². The summed E-state index contributed by atoms with van der Waals surface area (Å²) in [6.45, 7) is 6.56. The lowest BCUT2D eigenvalue weighted by molar-refractivity contribution is -0.117. The maximum Gasteiger partial charge on any atom is 0.247 e. The number of nitrogens with zero attached hydrogens (tertiary/aromatic N) is 5. The van der Waals surface area contributed by atoms with E-state index in [-0.39, 0.29) is 21.8 Å². The number of nitrogens with two attached hydrogens (primary N) is 1. The van der Waals surface area contributed by atoms with Crippen LogP contribution in [0.1, 0.15) is 47.3 Å². The topological polar surface area (TPSA) is 139 Å². The van der Waals surface area contributed by atoms with Crippen LogP contribution in [0.4, 0.5) is 15.9 Å². The molecule has 38 heavy (non-hydrogen) atoms. The first-order valence-corrected chi connectivity index (χ1v) is 13.0. The summed E-state index contributed by atoms with van der Waals surface area (Å²) in [7, 11) is 4.08. The summed E-state index contributed by atoms with van der Waals surface area (Å²) in [5.74, 6) is -1.61. The van der Waals surface area contributed by atoms with Gasteiger partial charge in [0.25, 0.3) is 0 Å². The summed E-state index contributed by atoms with van der Waals surface area (Å²) in [4.78, 5) is 33.0. The smallest absolute Gasteiger partial charge is 0.247 e. The van der Waals surface area contributed by atoms with Gasteiger partial charge in [0.05, 0.1) is 16.8 Å². The van der Waals surface area contributed by atoms with Gasteiger partial charge in [-0.25, -0.2) is 9.37 Å². The molecule has 0 radical (unpaired) electrons. The molecule has 3 N–H and O–H groups in total. The molecule has 0 aliphatic carbocycles. The van der Waals surface area contributed by atoms with E-state index in [4.69, 9.17) is 10.7 Å². The van der Waals surface area contributed by atoms with Gasteiger partial charge in [-0.15, -0.1) is 0 Å². The molecule has 3 rings (SSSR count). The van der Waals surface area contributed by atoms with E-state index in [0.29, 0.717) is 42.5 Å². The fourth-order valence-corrected chi connectivity index (χ4v) is 5.52. The van der Waals surface area contributed by atoms with Crippen molar-refractivity contribution in [2.75, 3.05) is 37.4 Å². The number of carbonyl (C=O) groups excluding carboxylic acids is 2. The molecule has 0 saturated carbocycles. The van der Waals surface area contributed by atoms with Gasteiger partial charge in [0.15, 0.2) is 0 Å². The number of halogens is 1. The Bertz CT molecular complexity index is 1320. The van der Waals surface area contributed by atoms with Crippen molar-refractivity contribution in [1.82, 2.24) is 9.88 Å². The van der Waals surface area contributed by atoms with Gasteiger partial charge in [0.1, 0.15) is 34.0 Å². The minimum Gasteiger partial charge on any atom is -0.368 e. The SMILES string of the molecule is C=CC(=O)Nc1ccc(C(Sc2nc(N3CCC(N(C)C)CC3)c(C#N)c(CC)c2C#N)C(N)=O)cc1F. The minimum atomic E-state index is -1.07. The van der Waals surface area contributed by atoms with Crippen molar-refractivity contribution < 1.29 is 14.0 Å². The lowest BCUT2D eigenvalue weighted by atomic mass is 9.99. The third kappa shape index (κ3) is 6.13. The molecular weight excluding hydrogens is 505 g/mol. The Morgan fingerprint density at radius 2 is 1.97 bits per heavy atom. The number of hydrogen-bond acceptors (Lipinski definition) is 8. The van der Waals surface area contributed by atoms with E-state index in [1.165, 1.54) is 12.1 Å². The predicted molar refractivity (Wildman–Crippen MR) is 145 cm³/mol. The van der Waals surface area contributed by atoms with Crippen LogP contribution < -0.4 is 16.0 Å². The van der Waals surface area contributed by atoms with Gasteiger partial charge in [-0.3, -0.25) is 9.59 Å². The van der Waals surface area contributed by atoms with Crippen LogP contribution in [0, 0.1) is 28.5 Å². The number of aromatic nitrogens is 1. The van der Waals surface area contributed by atoms with Crippen molar-refractivity contribution in [3.8, 4) is 12.1 Å². The fraction of sp³-hybridized carbons (Fsp3) is 0.370. The van der Waals surface area contributed by atoms with Gasteiger partial charge in [0.2, 0.25) is 11.8 Å². The molecule has 2 heterocycles. The number of hydrogen-bond donors (Lipinski definition) is 2. The summed E-state index contributed by atoms with van der Waals surface area (Å²) in [6.07, 6.45) is 3.21. The van der Waals surface area contributed by atoms with E-state index >= 15 is 0 Å². The number of anilines is 2. The van der Waals surface area contributed by atoms with Crippen molar-refractivity contribution in [3.63, 3.8) is 0 Å². The van der Waals surface area contributed by atoms with Crippen LogP contribution in [-0.2, 0) is 16.0 Å². The van der Waals surface area contributed by atoms with Crippen LogP contribution in [0.3, 0.4) is 0 Å². The van der Waals surface area contributed by atoms with Crippen molar-refractivity contribution in [2.24, 2.45) is 5.73 Å². The molecule has 2 aromatic rings. The van der Waals surface area contributed by atoms with Crippen LogP contribution in [0.2, 0.25) is 0 Å². The molecule has 1 aromatic carbocycles. The summed E-state index contributed by atoms with van der Waals surface area (Å²) >= 11 is 0.944. The number of amides is 2. The second-order valence-corrected chi connectivity index (χ2v) is 10.2. The zero-order chi connectivity index (χ0) is 28.0. The quantitative estimate of drug-likeness (QED) is 0.367. The van der Waals surface area contributed by atoms with Crippen LogP contribution in [0.15, 0.2) is 35.9 Å². The molecular formula is C27H30FN7O2S. The maximum atomic E-state index is 14.7. The fourth-order valence-electron chi connectivity index (χ4n) is 4.47. The highest BCUT2D eigenvalue weighted by Crippen LogP contribution is 2.40. The first-order valence-electron chi connectivity index (χ1n) is 12.1. The highest BCUT2D eigenvalue weighted by atomic mass is 32.2. The van der Waals surface area contributed by atoms with Gasteiger partial charge >= 0.3 is 0 Å². The number of pyridine rings is 1. The second kappa shape index (κ2) is 12.5. The van der Waals surface area contributed by atoms with E-state index in [9.17, 15) is 24.5 Å². The summed E-state index contributed by atoms with van der Waals surface area (Å²) < 4.78 is 14.7. The number of nitrogens with one attached hydrogen (secondary N) is 1. The van der Waals surface area contributed by atoms with Crippen molar-refractivity contribution in [1.29, 1.82) is 10.5 Å². The Morgan fingerprint density at radius 1 is 1.32 bits per heavy atom. The van der Waals surface area contributed by atoms with E-state index < -0.39 is 22.9 Å². The number of primary amides is 1. The molecule has 9 nitrogen and oxygen atoms in total. The third-order valence-electron chi connectivity index (χ3n) is 6.55. The molecule has 1 aliphatic heterocycles. The first kappa shape index (κ1) is 28.6. The van der Waals surface area contributed by atoms with Crippen LogP contribution in [0.5, 0.6) is 0 Å². The minimum absolute atomic E-state index is 0.0715. The van der Waals surface area contributed by atoms with Crippen molar-refractivity contribution in [3.05, 3.63) is 58.9 Å². The lowest BCUT2D eigenvalue weighted by Gasteiger charge is -2.36. The maximum absolute atomic E-state index is 14.7. The van der Waals surface area contributed by atoms with Gasteiger partial charge in [-0.05, 0) is 62.7 Å². The van der Waals surface area contributed by atoms with E-state index in [2.05, 4.69) is 28.9 Å². The van der Waals surface area contributed by atoms with Crippen molar-refractivity contribution in [2.45, 2.75) is 42.5 Å². The largest absolute Gasteiger partial charge is 0.368 e. The Labute approximate surface area is 226 Å². The third-order valence-corrected chi connectivity index (χ3v) is 7.81. The Kier molecular flexibility index (Phi) is 9.45. The zero-order valence-electron chi connectivity index (χ0n) is 21.6. The molecule has 0 bridgehead atoms. The first-order chi connectivity index (χ1) is 18.1. The Morgan fingerprint density at radius 3 is 2.47 bits per heavy atom. The Balaban J connectivity index is 2.04. The average molecular weight is 536 g/mol. The summed E-state index contributed by atoms with van der Waals surface area (Å²) in [6, 6.07) is 8.72. The monoisotopic (exact) mass is 535 g/mol. The van der Waals surface area contributed by atoms with Crippen LogP contribution in [0.25, 0.3) is 0 Å². The average Bonchev–Trinajstić information content (AvgIpc) is 2.91. The number of benzene rings is 1. The highest BCUT2D eigenvalue weighted by molar-refractivity contribution is 8.00. The lowest BCUT2D eigenvalue weighted by Crippen LogP contribution is -2.42. The summed E-state index contributed by atoms with van der Waals surface area (Å²) in [5.41, 5.74) is 6.98. The molecule has 0 spiro atoms. The van der Waals surface area contributed by atoms with E-state index in [1.807, 2.05) is 25.9 Å². The normalized spacial score (nSPS) is 14.4. The standard InChI is InChI=1S/C27H30FN7O2S/c1-5-18-19(14-29)26(35-11-9-17(10-12-35)34(3)4)33-27(20(18)15-30)38-24(25(31)37)16-7-8-22(21(28)13-16)32-23(36)6-2/h6-8,13,17,24H,2,5,9-12H2,1,3-4H3,(H2,31,37)(H,32,36). The van der Waals surface area contributed by atoms with Gasteiger partial charge < -0.3 is 20.9 Å². The predicted octanol–water partition coefficient (Wildman–Crippen LogP) is 3.50. The molecule has 1 atom stereocenters. The molecule has 1 unspecified atom stereocenters. The Hall–Kier alpha value is -3.93. The molecule has 1 fully saturated rings. The molecule has 11 heteroatoms. The number of rotatable bonds is 9. The van der Waals surface area contributed by atoms with E-state index in [1.54, 1.807) is 0 Å². The molecule has 2 amide bonds. The summed E-state index contributed by atoms with van der Waals surface area (Å²) in [5, 5.41) is 21.5. The number of piperidine rings is 1. The van der Waals surface area contributed by atoms with Gasteiger partial charge in [0, 0.05) is 19.1 Å². The van der Waals surface area contributed by atoms with Crippen molar-refractivity contribution >= 4 is 35.1 Å². The molecule has 1 saturated heterocycles. The molecule has 198 valence electrons. The second-order valence-electron chi connectivity index (χ2n) is 9.06. The van der Waals surface area contributed by atoms with E-state index in [0.717, 1.165) is 36.7 Å². The molecule has 1 aromatic heterocycles. The molecule has 1 aliphatic rings. The zero-order valence-corrected chi connectivity index (χ0v) is 22.4. The van der Waals surface area contributed by atoms with Crippen LogP contribution >= 0.6 is 11.8 Å². The number of carbonyl (C=O) groups is 2.